The molecule has 0 N–H and O–H groups in total. The van der Waals surface area contributed by atoms with Gasteiger partial charge in [-0.05, 0) is 64.6 Å². The van der Waals surface area contributed by atoms with Crippen molar-refractivity contribution >= 4 is 90.2 Å². The molecule has 0 aromatic heterocycles. The van der Waals surface area contributed by atoms with Crippen molar-refractivity contribution in [1.29, 1.82) is 0 Å². The van der Waals surface area contributed by atoms with Gasteiger partial charge in [0.05, 0.1) is 15.2 Å². The summed E-state index contributed by atoms with van der Waals surface area (Å²) < 4.78 is 0. The lowest BCUT2D eigenvalue weighted by atomic mass is 9.94. The number of hydrogen-bond donors (Lipinski definition) is 0. The van der Waals surface area contributed by atoms with E-state index in [0.29, 0.717) is 0 Å². The molecule has 8 aromatic carbocycles. The van der Waals surface area contributed by atoms with Crippen molar-refractivity contribution in [2.75, 3.05) is 0 Å². The Morgan fingerprint density at radius 2 is 0.605 bits per heavy atom. The van der Waals surface area contributed by atoms with Gasteiger partial charge in [-0.15, -0.1) is 0 Å². The van der Waals surface area contributed by atoms with Crippen molar-refractivity contribution in [2.45, 2.75) is 26.2 Å². The van der Waals surface area contributed by atoms with Crippen LogP contribution in [0.5, 0.6) is 0 Å². The molecule has 0 heterocycles. The Bertz CT molecular complexity index is 2000. The summed E-state index contributed by atoms with van der Waals surface area (Å²) in [7, 11) is -3.83. The smallest absolute Gasteiger partial charge is 0.0671 e. The summed E-state index contributed by atoms with van der Waals surface area (Å²) in [6.07, 6.45) is 0. The van der Waals surface area contributed by atoms with Gasteiger partial charge in [-0.2, -0.15) is 0 Å². The van der Waals surface area contributed by atoms with Crippen molar-refractivity contribution in [3.63, 3.8) is 0 Å². The van der Waals surface area contributed by atoms with Crippen LogP contribution in [0.1, 0.15) is 0 Å². The van der Waals surface area contributed by atoms with E-state index in [-0.39, 0.29) is 0 Å². The zero-order chi connectivity index (χ0) is 25.8. The largest absolute Gasteiger partial charge is 0.0799 e. The van der Waals surface area contributed by atoms with Gasteiger partial charge in [0.15, 0.2) is 0 Å². The molecule has 8 rings (SSSR count). The second-order valence-electron chi connectivity index (χ2n) is 12.2. The van der Waals surface area contributed by atoms with Crippen LogP contribution >= 0.6 is 0 Å². The van der Waals surface area contributed by atoms with Crippen LogP contribution in [0.3, 0.4) is 0 Å². The molecule has 0 fully saturated rings. The zero-order valence-corrected chi connectivity index (χ0v) is 24.4. The predicted octanol–water partition coefficient (Wildman–Crippen LogP) is 9.09. The molecule has 2 heteroatoms. The van der Waals surface area contributed by atoms with Gasteiger partial charge in [0, 0.05) is 0 Å². The Morgan fingerprint density at radius 1 is 0.316 bits per heavy atom. The highest BCUT2D eigenvalue weighted by Crippen LogP contribution is 2.38. The van der Waals surface area contributed by atoms with Gasteiger partial charge in [0.25, 0.3) is 0 Å². The monoisotopic (exact) mass is 518 g/mol. The molecule has 38 heavy (non-hydrogen) atoms. The van der Waals surface area contributed by atoms with Crippen LogP contribution in [0.4, 0.5) is 0 Å². The van der Waals surface area contributed by atoms with Crippen LogP contribution in [-0.4, -0.2) is 15.2 Å². The maximum atomic E-state index is 2.64. The van der Waals surface area contributed by atoms with E-state index in [1.807, 2.05) is 0 Å². The topological polar surface area (TPSA) is 0 Å². The summed E-state index contributed by atoms with van der Waals surface area (Å²) in [5.74, 6) is 0. The summed E-state index contributed by atoms with van der Waals surface area (Å²) in [5.41, 5.74) is 0. The lowest BCUT2D eigenvalue weighted by molar-refractivity contribution is 1.74. The molecule has 0 nitrogen and oxygen atoms in total. The third kappa shape index (κ3) is 2.74. The lowest BCUT2D eigenvalue weighted by Gasteiger charge is -2.41. The Labute approximate surface area is 225 Å². The molecule has 0 radical (unpaired) electrons. The Kier molecular flexibility index (Phi) is 4.36. The average molecular weight is 519 g/mol. The fourth-order valence-corrected chi connectivity index (χ4v) is 16.7. The minimum absolute atomic E-state index is 1.35. The van der Waals surface area contributed by atoms with Gasteiger partial charge < -0.3 is 0 Å². The van der Waals surface area contributed by atoms with Crippen LogP contribution in [0, 0.1) is 0 Å². The van der Waals surface area contributed by atoms with Crippen molar-refractivity contribution in [3.8, 4) is 0 Å². The quantitative estimate of drug-likeness (QED) is 0.162. The second-order valence-corrected chi connectivity index (χ2v) is 27.3. The van der Waals surface area contributed by atoms with Crippen molar-refractivity contribution in [3.05, 3.63) is 109 Å². The van der Waals surface area contributed by atoms with Gasteiger partial charge in [-0.3, -0.25) is 0 Å². The number of benzene rings is 8. The number of hydrogen-bond acceptors (Lipinski definition) is 0. The third-order valence-electron chi connectivity index (χ3n) is 9.97. The zero-order valence-electron chi connectivity index (χ0n) is 22.4. The summed E-state index contributed by atoms with van der Waals surface area (Å²) in [5, 5.41) is 20.1. The minimum atomic E-state index is -1.92. The highest BCUT2D eigenvalue weighted by molar-refractivity contribution is 7.50. The van der Waals surface area contributed by atoms with Crippen LogP contribution in [0.25, 0.3) is 64.6 Å². The molecule has 0 spiro atoms. The molecule has 0 saturated heterocycles. The molecule has 0 saturated carbocycles. The van der Waals surface area contributed by atoms with Crippen LogP contribution in [0.15, 0.2) is 109 Å². The van der Waals surface area contributed by atoms with E-state index in [4.69, 9.17) is 0 Å². The highest BCUT2D eigenvalue weighted by Gasteiger charge is 2.45. The van der Waals surface area contributed by atoms with E-state index in [9.17, 15) is 0 Å². The van der Waals surface area contributed by atoms with Gasteiger partial charge in [0.2, 0.25) is 0 Å². The first-order valence-electron chi connectivity index (χ1n) is 13.7. The van der Waals surface area contributed by atoms with E-state index in [0.717, 1.165) is 0 Å². The molecule has 0 aliphatic heterocycles. The Morgan fingerprint density at radius 3 is 0.974 bits per heavy atom. The first-order valence-corrected chi connectivity index (χ1v) is 20.7. The molecule has 0 amide bonds. The van der Waals surface area contributed by atoms with E-state index in [1.54, 1.807) is 10.4 Å². The van der Waals surface area contributed by atoms with E-state index < -0.39 is 15.2 Å². The summed E-state index contributed by atoms with van der Waals surface area (Å²) >= 11 is 0. The SMILES string of the molecule is C[Si](C)(c1ccc2ccc3cccc4ccc1c2c34)[Si](C)(C)c1ccc2ccc3cccc4ccc1c2c34. The van der Waals surface area contributed by atoms with Gasteiger partial charge >= 0.3 is 0 Å². The van der Waals surface area contributed by atoms with Crippen molar-refractivity contribution in [1.82, 2.24) is 0 Å². The highest BCUT2D eigenvalue weighted by atomic mass is 29.3. The van der Waals surface area contributed by atoms with Gasteiger partial charge in [-0.25, -0.2) is 0 Å². The number of rotatable bonds is 3. The standard InChI is InChI=1S/C36H30Si2/c1-37(2,31-21-17-27-13-11-23-7-5-9-25-15-19-29(31)35(27)33(23)25)38(3,4)32-22-18-28-14-12-24-8-6-10-26-16-20-30(32)36(28)34(24)26/h5-22H,1-4H3. The summed E-state index contributed by atoms with van der Waals surface area (Å²) in [6, 6.07) is 41.9. The van der Waals surface area contributed by atoms with E-state index in [2.05, 4.69) is 135 Å². The molecule has 8 aromatic rings. The third-order valence-corrected chi connectivity index (χ3v) is 27.6. The molecule has 0 aliphatic rings. The van der Waals surface area contributed by atoms with Crippen molar-refractivity contribution < 1.29 is 0 Å². The average Bonchev–Trinajstić information content (AvgIpc) is 2.94. The fourth-order valence-electron chi connectivity index (χ4n) is 7.23. The molecular formula is C36H30Si2. The van der Waals surface area contributed by atoms with E-state index >= 15 is 0 Å². The Balaban J connectivity index is 1.41. The van der Waals surface area contributed by atoms with Crippen LogP contribution in [0.2, 0.25) is 26.2 Å². The van der Waals surface area contributed by atoms with Crippen LogP contribution < -0.4 is 10.4 Å². The van der Waals surface area contributed by atoms with Gasteiger partial charge in [-0.1, -0.05) is 146 Å². The first kappa shape index (κ1) is 22.3. The summed E-state index contributed by atoms with van der Waals surface area (Å²) in [6.45, 7) is 10.6. The second kappa shape index (κ2) is 7.44. The predicted molar refractivity (Wildman–Crippen MR) is 175 cm³/mol. The molecule has 0 aliphatic carbocycles. The van der Waals surface area contributed by atoms with Gasteiger partial charge in [0.1, 0.15) is 0 Å². The molecule has 182 valence electrons. The Hall–Kier alpha value is -3.73. The summed E-state index contributed by atoms with van der Waals surface area (Å²) in [4.78, 5) is 0. The molecule has 0 unspecified atom stereocenters. The fraction of sp³-hybridized carbons (Fsp3) is 0.111. The maximum absolute atomic E-state index is 2.64. The normalized spacial score (nSPS) is 13.3. The minimum Gasteiger partial charge on any atom is -0.0671 e. The molecule has 0 bridgehead atoms. The van der Waals surface area contributed by atoms with Crippen LogP contribution in [-0.2, 0) is 0 Å². The molecule has 0 atom stereocenters. The molecular weight excluding hydrogens is 489 g/mol. The van der Waals surface area contributed by atoms with Crippen molar-refractivity contribution in [2.24, 2.45) is 0 Å². The maximum Gasteiger partial charge on any atom is 0.0799 e. The van der Waals surface area contributed by atoms with E-state index in [1.165, 1.54) is 64.6 Å². The first-order chi connectivity index (χ1) is 18.4. The lowest BCUT2D eigenvalue weighted by Crippen LogP contribution is -2.69.